The Kier molecular flexibility index (Phi) is 5.16. The Morgan fingerprint density at radius 1 is 1.29 bits per heavy atom. The third-order valence-electron chi connectivity index (χ3n) is 3.01. The fourth-order valence-electron chi connectivity index (χ4n) is 2.06. The molecule has 0 aliphatic rings. The summed E-state index contributed by atoms with van der Waals surface area (Å²) in [6.45, 7) is 4.17. The highest BCUT2D eigenvalue weighted by atomic mass is 16.1. The summed E-state index contributed by atoms with van der Waals surface area (Å²) in [5.41, 5.74) is 14.9. The average molecular weight is 234 g/mol. The molecule has 0 heterocycles. The van der Waals surface area contributed by atoms with Crippen molar-refractivity contribution in [2.75, 3.05) is 0 Å². The van der Waals surface area contributed by atoms with Crippen LogP contribution in [0.4, 0.5) is 0 Å². The van der Waals surface area contributed by atoms with Crippen LogP contribution in [0, 0.1) is 13.8 Å². The van der Waals surface area contributed by atoms with Crippen LogP contribution in [0.25, 0.3) is 0 Å². The molecule has 94 valence electrons. The SMILES string of the molecule is Cc1ccc(C(N)CCCCC(N)=O)c(C)c1. The fourth-order valence-corrected chi connectivity index (χ4v) is 2.06. The Balaban J connectivity index is 2.46. The van der Waals surface area contributed by atoms with Gasteiger partial charge in [-0.25, -0.2) is 0 Å². The molecule has 3 nitrogen and oxygen atoms in total. The van der Waals surface area contributed by atoms with E-state index in [2.05, 4.69) is 32.0 Å². The minimum Gasteiger partial charge on any atom is -0.370 e. The molecule has 0 aliphatic heterocycles. The number of benzene rings is 1. The molecule has 0 aliphatic carbocycles. The second kappa shape index (κ2) is 6.40. The molecule has 1 atom stereocenters. The molecule has 0 saturated heterocycles. The molecule has 1 rings (SSSR count). The van der Waals surface area contributed by atoms with Crippen molar-refractivity contribution in [2.45, 2.75) is 45.6 Å². The van der Waals surface area contributed by atoms with E-state index < -0.39 is 0 Å². The van der Waals surface area contributed by atoms with E-state index in [1.165, 1.54) is 16.7 Å². The maximum absolute atomic E-state index is 10.6. The number of rotatable bonds is 6. The standard InChI is InChI=1S/C14H22N2O/c1-10-7-8-12(11(2)9-10)13(15)5-3-4-6-14(16)17/h7-9,13H,3-6,15H2,1-2H3,(H2,16,17). The second-order valence-electron chi connectivity index (χ2n) is 4.68. The van der Waals surface area contributed by atoms with E-state index in [9.17, 15) is 4.79 Å². The lowest BCUT2D eigenvalue weighted by Gasteiger charge is -2.15. The van der Waals surface area contributed by atoms with Crippen molar-refractivity contribution >= 4 is 5.91 Å². The van der Waals surface area contributed by atoms with Crippen molar-refractivity contribution in [3.8, 4) is 0 Å². The minimum absolute atomic E-state index is 0.0588. The molecule has 0 bridgehead atoms. The Labute approximate surface area is 103 Å². The molecule has 3 heteroatoms. The molecule has 0 aromatic heterocycles. The first-order valence-corrected chi connectivity index (χ1v) is 6.11. The zero-order valence-corrected chi connectivity index (χ0v) is 10.7. The van der Waals surface area contributed by atoms with Crippen molar-refractivity contribution in [3.05, 3.63) is 34.9 Å². The van der Waals surface area contributed by atoms with Gasteiger partial charge in [-0.15, -0.1) is 0 Å². The largest absolute Gasteiger partial charge is 0.370 e. The molecular formula is C14H22N2O. The van der Waals surface area contributed by atoms with E-state index >= 15 is 0 Å². The smallest absolute Gasteiger partial charge is 0.217 e. The van der Waals surface area contributed by atoms with Gasteiger partial charge in [0.05, 0.1) is 0 Å². The molecule has 0 saturated carbocycles. The maximum atomic E-state index is 10.6. The molecule has 1 unspecified atom stereocenters. The van der Waals surface area contributed by atoms with E-state index in [1.807, 2.05) is 0 Å². The molecule has 17 heavy (non-hydrogen) atoms. The van der Waals surface area contributed by atoms with Crippen molar-refractivity contribution in [1.29, 1.82) is 0 Å². The lowest BCUT2D eigenvalue weighted by Crippen LogP contribution is -2.13. The van der Waals surface area contributed by atoms with Crippen LogP contribution in [0.5, 0.6) is 0 Å². The number of unbranched alkanes of at least 4 members (excludes halogenated alkanes) is 1. The average Bonchev–Trinajstić information content (AvgIpc) is 2.23. The molecule has 0 radical (unpaired) electrons. The highest BCUT2D eigenvalue weighted by Gasteiger charge is 2.08. The first-order valence-electron chi connectivity index (χ1n) is 6.11. The number of carbonyl (C=O) groups excluding carboxylic acids is 1. The Bertz CT molecular complexity index is 388. The van der Waals surface area contributed by atoms with Crippen LogP contribution >= 0.6 is 0 Å². The summed E-state index contributed by atoms with van der Waals surface area (Å²) in [6, 6.07) is 6.40. The van der Waals surface area contributed by atoms with Gasteiger partial charge in [0, 0.05) is 12.5 Å². The first-order chi connectivity index (χ1) is 8.00. The van der Waals surface area contributed by atoms with Crippen LogP contribution in [0.2, 0.25) is 0 Å². The lowest BCUT2D eigenvalue weighted by atomic mass is 9.96. The number of hydrogen-bond donors (Lipinski definition) is 2. The zero-order chi connectivity index (χ0) is 12.8. The molecule has 0 spiro atoms. The normalized spacial score (nSPS) is 12.4. The van der Waals surface area contributed by atoms with E-state index in [4.69, 9.17) is 11.5 Å². The Morgan fingerprint density at radius 2 is 2.00 bits per heavy atom. The zero-order valence-electron chi connectivity index (χ0n) is 10.7. The quantitative estimate of drug-likeness (QED) is 0.742. The van der Waals surface area contributed by atoms with E-state index in [0.717, 1.165) is 19.3 Å². The number of nitrogens with two attached hydrogens (primary N) is 2. The third kappa shape index (κ3) is 4.57. The summed E-state index contributed by atoms with van der Waals surface area (Å²) >= 11 is 0. The minimum atomic E-state index is -0.231. The Morgan fingerprint density at radius 3 is 2.59 bits per heavy atom. The summed E-state index contributed by atoms with van der Waals surface area (Å²) in [5, 5.41) is 0. The van der Waals surface area contributed by atoms with Crippen LogP contribution in [0.15, 0.2) is 18.2 Å². The topological polar surface area (TPSA) is 69.1 Å². The van der Waals surface area contributed by atoms with Gasteiger partial charge in [-0.3, -0.25) is 4.79 Å². The third-order valence-corrected chi connectivity index (χ3v) is 3.01. The predicted molar refractivity (Wildman–Crippen MR) is 70.5 cm³/mol. The van der Waals surface area contributed by atoms with E-state index in [1.54, 1.807) is 0 Å². The molecule has 1 aromatic carbocycles. The number of carbonyl (C=O) groups is 1. The van der Waals surface area contributed by atoms with Gasteiger partial charge in [0.15, 0.2) is 0 Å². The van der Waals surface area contributed by atoms with Crippen molar-refractivity contribution < 1.29 is 4.79 Å². The van der Waals surface area contributed by atoms with E-state index in [-0.39, 0.29) is 11.9 Å². The van der Waals surface area contributed by atoms with Gasteiger partial charge < -0.3 is 11.5 Å². The van der Waals surface area contributed by atoms with Crippen molar-refractivity contribution in [1.82, 2.24) is 0 Å². The van der Waals surface area contributed by atoms with Crippen LogP contribution in [0.1, 0.15) is 48.4 Å². The van der Waals surface area contributed by atoms with Gasteiger partial charge in [-0.2, -0.15) is 0 Å². The maximum Gasteiger partial charge on any atom is 0.217 e. The number of aryl methyl sites for hydroxylation is 2. The summed E-state index contributed by atoms with van der Waals surface area (Å²) in [4.78, 5) is 10.6. The highest BCUT2D eigenvalue weighted by molar-refractivity contribution is 5.73. The molecule has 1 amide bonds. The monoisotopic (exact) mass is 234 g/mol. The Hall–Kier alpha value is -1.35. The highest BCUT2D eigenvalue weighted by Crippen LogP contribution is 2.21. The van der Waals surface area contributed by atoms with Gasteiger partial charge in [-0.05, 0) is 37.8 Å². The van der Waals surface area contributed by atoms with Crippen LogP contribution in [-0.4, -0.2) is 5.91 Å². The van der Waals surface area contributed by atoms with E-state index in [0.29, 0.717) is 6.42 Å². The van der Waals surface area contributed by atoms with Gasteiger partial charge in [0.25, 0.3) is 0 Å². The van der Waals surface area contributed by atoms with Gasteiger partial charge >= 0.3 is 0 Å². The van der Waals surface area contributed by atoms with Crippen molar-refractivity contribution in [2.24, 2.45) is 11.5 Å². The van der Waals surface area contributed by atoms with Crippen molar-refractivity contribution in [3.63, 3.8) is 0 Å². The van der Waals surface area contributed by atoms with Gasteiger partial charge in [0.1, 0.15) is 0 Å². The molecule has 0 fully saturated rings. The first kappa shape index (κ1) is 13.7. The van der Waals surface area contributed by atoms with Crippen LogP contribution in [-0.2, 0) is 4.79 Å². The summed E-state index contributed by atoms with van der Waals surface area (Å²) in [5.74, 6) is -0.231. The van der Waals surface area contributed by atoms with Crippen LogP contribution in [0.3, 0.4) is 0 Å². The lowest BCUT2D eigenvalue weighted by molar-refractivity contribution is -0.118. The number of hydrogen-bond acceptors (Lipinski definition) is 2. The number of primary amides is 1. The van der Waals surface area contributed by atoms with Gasteiger partial charge in [0.2, 0.25) is 5.91 Å². The predicted octanol–water partition coefficient (Wildman–Crippen LogP) is 2.35. The molecule has 4 N–H and O–H groups in total. The summed E-state index contributed by atoms with van der Waals surface area (Å²) in [7, 11) is 0. The number of amides is 1. The molecule has 1 aromatic rings. The summed E-state index contributed by atoms with van der Waals surface area (Å²) in [6.07, 6.45) is 3.13. The molecular weight excluding hydrogens is 212 g/mol. The second-order valence-corrected chi connectivity index (χ2v) is 4.68. The van der Waals surface area contributed by atoms with Gasteiger partial charge in [-0.1, -0.05) is 30.2 Å². The summed E-state index contributed by atoms with van der Waals surface area (Å²) < 4.78 is 0. The van der Waals surface area contributed by atoms with Crippen LogP contribution < -0.4 is 11.5 Å². The fraction of sp³-hybridized carbons (Fsp3) is 0.500.